The van der Waals surface area contributed by atoms with E-state index in [1.54, 1.807) is 12.1 Å². The van der Waals surface area contributed by atoms with Crippen molar-refractivity contribution in [2.75, 3.05) is 6.61 Å². The summed E-state index contributed by atoms with van der Waals surface area (Å²) in [4.78, 5) is 0. The van der Waals surface area contributed by atoms with Gasteiger partial charge in [0.15, 0.2) is 0 Å². The molecule has 0 N–H and O–H groups in total. The van der Waals surface area contributed by atoms with Gasteiger partial charge in [-0.3, -0.25) is 0 Å². The van der Waals surface area contributed by atoms with Crippen molar-refractivity contribution in [1.29, 1.82) is 0 Å². The van der Waals surface area contributed by atoms with Crippen LogP contribution in [0.25, 0.3) is 0 Å². The standard InChI is InChI=1S/C9H9O.2BrH.Zn/c1-2-8-10-9-6-4-3-5-7-9;;;/h2-4,6-7H,1,8H2;2*1H;/q-1;;;+2/p-2. The Hall–Kier alpha value is 0.343. The van der Waals surface area contributed by atoms with E-state index in [1.165, 1.54) is 0 Å². The van der Waals surface area contributed by atoms with Gasteiger partial charge in [-0.1, -0.05) is 12.7 Å². The third-order valence-corrected chi connectivity index (χ3v) is 1.05. The molecule has 0 spiro atoms. The fraction of sp³-hybridized carbons (Fsp3) is 0.111. The van der Waals surface area contributed by atoms with Gasteiger partial charge >= 0.3 is 40.5 Å². The predicted octanol–water partition coefficient (Wildman–Crippen LogP) is 3.74. The summed E-state index contributed by atoms with van der Waals surface area (Å²) in [5, 5.41) is 0. The molecule has 0 saturated heterocycles. The molecule has 0 amide bonds. The zero-order valence-electron chi connectivity index (χ0n) is 7.17. The second-order valence-electron chi connectivity index (χ2n) is 1.94. The Morgan fingerprint density at radius 1 is 1.62 bits per heavy atom. The summed E-state index contributed by atoms with van der Waals surface area (Å²) < 4.78 is 5.21. The molecular formula is C9H9Br2OZn-. The van der Waals surface area contributed by atoms with Gasteiger partial charge in [-0.25, -0.2) is 0 Å². The number of rotatable bonds is 3. The number of hydrogen-bond donors (Lipinski definition) is 0. The first kappa shape index (κ1) is 13.3. The number of ether oxygens (including phenoxy) is 1. The van der Waals surface area contributed by atoms with Crippen molar-refractivity contribution in [3.05, 3.63) is 43.0 Å². The fourth-order valence-corrected chi connectivity index (χ4v) is 0.622. The van der Waals surface area contributed by atoms with Crippen LogP contribution in [0.1, 0.15) is 0 Å². The first-order valence-corrected chi connectivity index (χ1v) is 17.6. The maximum atomic E-state index is 5.21. The molecule has 0 aliphatic carbocycles. The molecule has 0 aliphatic rings. The minimum absolute atomic E-state index is 0.250. The summed E-state index contributed by atoms with van der Waals surface area (Å²) >= 11 is 6.25. The zero-order chi connectivity index (χ0) is 9.94. The van der Waals surface area contributed by atoms with Gasteiger partial charge in [-0.2, -0.15) is 18.2 Å². The van der Waals surface area contributed by atoms with Gasteiger partial charge in [0.25, 0.3) is 0 Å². The monoisotopic (exact) mass is 355 g/mol. The van der Waals surface area contributed by atoms with E-state index in [1.807, 2.05) is 18.2 Å². The van der Waals surface area contributed by atoms with E-state index in [2.05, 4.69) is 39.9 Å². The van der Waals surface area contributed by atoms with Crippen LogP contribution in [-0.2, 0) is 13.2 Å². The Balaban J connectivity index is 0.000000424. The Morgan fingerprint density at radius 3 is 2.77 bits per heavy atom. The van der Waals surface area contributed by atoms with Gasteiger partial charge in [-0.15, -0.1) is 12.1 Å². The van der Waals surface area contributed by atoms with E-state index in [0.717, 1.165) is 5.75 Å². The van der Waals surface area contributed by atoms with Crippen LogP contribution in [-0.4, -0.2) is 6.61 Å². The van der Waals surface area contributed by atoms with Crippen molar-refractivity contribution in [1.82, 2.24) is 0 Å². The molecule has 0 heterocycles. The minimum atomic E-state index is -0.250. The molecular weight excluding hydrogens is 349 g/mol. The van der Waals surface area contributed by atoms with Crippen molar-refractivity contribution >= 4 is 27.2 Å². The normalized spacial score (nSPS) is 7.54. The van der Waals surface area contributed by atoms with Crippen LogP contribution in [0.3, 0.4) is 0 Å². The van der Waals surface area contributed by atoms with Gasteiger partial charge in [-0.05, 0) is 0 Å². The number of halogens is 2. The van der Waals surface area contributed by atoms with E-state index in [0.29, 0.717) is 6.61 Å². The van der Waals surface area contributed by atoms with Crippen molar-refractivity contribution in [2.24, 2.45) is 0 Å². The molecule has 0 fully saturated rings. The quantitative estimate of drug-likeness (QED) is 0.454. The number of hydrogen-bond acceptors (Lipinski definition) is 1. The first-order valence-electron chi connectivity index (χ1n) is 3.67. The molecule has 68 valence electrons. The average molecular weight is 358 g/mol. The van der Waals surface area contributed by atoms with E-state index in [4.69, 9.17) is 4.74 Å². The Labute approximate surface area is 99.9 Å². The van der Waals surface area contributed by atoms with E-state index >= 15 is 0 Å². The topological polar surface area (TPSA) is 9.23 Å². The van der Waals surface area contributed by atoms with Gasteiger partial charge in [0.1, 0.15) is 0 Å². The van der Waals surface area contributed by atoms with Crippen molar-refractivity contribution < 1.29 is 17.9 Å². The van der Waals surface area contributed by atoms with E-state index < -0.39 is 0 Å². The van der Waals surface area contributed by atoms with E-state index in [9.17, 15) is 0 Å². The summed E-state index contributed by atoms with van der Waals surface area (Å²) in [7, 11) is 0. The molecule has 4 heteroatoms. The first-order chi connectivity index (χ1) is 6.35. The number of benzene rings is 1. The SMILES string of the molecule is C=CCOc1c[c-]ccc1.[Br][Zn][Br]. The second kappa shape index (κ2) is 10.4. The third kappa shape index (κ3) is 8.67. The van der Waals surface area contributed by atoms with Crippen LogP contribution in [0.15, 0.2) is 36.9 Å². The molecule has 13 heavy (non-hydrogen) atoms. The second-order valence-corrected chi connectivity index (χ2v) is 16.0. The zero-order valence-corrected chi connectivity index (χ0v) is 13.3. The van der Waals surface area contributed by atoms with Crippen LogP contribution in [0, 0.1) is 6.07 Å². The third-order valence-electron chi connectivity index (χ3n) is 1.05. The molecule has 1 aromatic rings. The summed E-state index contributed by atoms with van der Waals surface area (Å²) in [5.74, 6) is 0.836. The maximum absolute atomic E-state index is 5.21. The van der Waals surface area contributed by atoms with Crippen LogP contribution in [0.5, 0.6) is 5.75 Å². The van der Waals surface area contributed by atoms with Crippen molar-refractivity contribution in [2.45, 2.75) is 0 Å². The van der Waals surface area contributed by atoms with E-state index in [-0.39, 0.29) is 13.2 Å². The van der Waals surface area contributed by atoms with Crippen LogP contribution < -0.4 is 4.74 Å². The van der Waals surface area contributed by atoms with Crippen molar-refractivity contribution in [3.63, 3.8) is 0 Å². The van der Waals surface area contributed by atoms with Crippen LogP contribution >= 0.6 is 27.2 Å². The molecule has 1 rings (SSSR count). The molecule has 0 unspecified atom stereocenters. The average Bonchev–Trinajstić information content (AvgIpc) is 2.18. The van der Waals surface area contributed by atoms with Gasteiger partial charge in [0.2, 0.25) is 0 Å². The summed E-state index contributed by atoms with van der Waals surface area (Å²) in [5.41, 5.74) is 0. The molecule has 0 atom stereocenters. The Kier molecular flexibility index (Phi) is 10.7. The molecule has 0 aromatic heterocycles. The van der Waals surface area contributed by atoms with Crippen LogP contribution in [0.4, 0.5) is 0 Å². The Bertz CT molecular complexity index is 216. The predicted molar refractivity (Wildman–Crippen MR) is 58.8 cm³/mol. The summed E-state index contributed by atoms with van der Waals surface area (Å²) in [6, 6.07) is 10.3. The Morgan fingerprint density at radius 2 is 2.31 bits per heavy atom. The van der Waals surface area contributed by atoms with Crippen molar-refractivity contribution in [3.8, 4) is 5.75 Å². The molecule has 0 radical (unpaired) electrons. The molecule has 0 bridgehead atoms. The summed E-state index contributed by atoms with van der Waals surface area (Å²) in [6.07, 6.45) is 1.72. The van der Waals surface area contributed by atoms with Crippen LogP contribution in [0.2, 0.25) is 0 Å². The molecule has 0 saturated carbocycles. The summed E-state index contributed by atoms with van der Waals surface area (Å²) in [6.45, 7) is 4.09. The molecule has 1 nitrogen and oxygen atoms in total. The van der Waals surface area contributed by atoms with Gasteiger partial charge < -0.3 is 4.74 Å². The van der Waals surface area contributed by atoms with Gasteiger partial charge in [0, 0.05) is 5.75 Å². The fourth-order valence-electron chi connectivity index (χ4n) is 0.622. The molecule has 0 aliphatic heterocycles. The van der Waals surface area contributed by atoms with Gasteiger partial charge in [0.05, 0.1) is 6.61 Å². The molecule has 1 aromatic carbocycles.